The molecule has 28 heavy (non-hydrogen) atoms. The van der Waals surface area contributed by atoms with Crippen molar-refractivity contribution in [3.63, 3.8) is 0 Å². The molecule has 0 aromatic heterocycles. The Kier molecular flexibility index (Phi) is 5.45. The number of halogens is 3. The number of amides is 2. The Hall–Kier alpha value is -2.83. The zero-order valence-corrected chi connectivity index (χ0v) is 15.7. The lowest BCUT2D eigenvalue weighted by molar-refractivity contribution is -0.137. The molecule has 1 aliphatic heterocycles. The van der Waals surface area contributed by atoms with Gasteiger partial charge in [-0.1, -0.05) is 18.2 Å². The van der Waals surface area contributed by atoms with E-state index in [1.807, 2.05) is 31.2 Å². The summed E-state index contributed by atoms with van der Waals surface area (Å²) in [6, 6.07) is 12.1. The average molecular weight is 390 g/mol. The van der Waals surface area contributed by atoms with E-state index in [4.69, 9.17) is 0 Å². The van der Waals surface area contributed by atoms with Gasteiger partial charge in [0.25, 0.3) is 0 Å². The first-order valence-corrected chi connectivity index (χ1v) is 9.04. The summed E-state index contributed by atoms with van der Waals surface area (Å²) in [5.41, 5.74) is 1.54. The molecule has 0 fully saturated rings. The van der Waals surface area contributed by atoms with Gasteiger partial charge in [0.05, 0.1) is 5.56 Å². The van der Waals surface area contributed by atoms with Crippen molar-refractivity contribution >= 4 is 23.2 Å². The maximum atomic E-state index is 12.8. The molecule has 0 bridgehead atoms. The van der Waals surface area contributed by atoms with Crippen LogP contribution in [0.5, 0.6) is 0 Å². The molecule has 1 atom stereocenters. The number of rotatable bonds is 4. The molecule has 2 aromatic rings. The smallest absolute Gasteiger partial charge is 0.312 e. The molecule has 2 amide bonds. The van der Waals surface area contributed by atoms with Crippen LogP contribution in [0.25, 0.3) is 0 Å². The summed E-state index contributed by atoms with van der Waals surface area (Å²) in [5, 5.41) is 0. The van der Waals surface area contributed by atoms with E-state index < -0.39 is 11.7 Å². The molecule has 0 saturated heterocycles. The van der Waals surface area contributed by atoms with E-state index in [0.29, 0.717) is 5.69 Å². The fourth-order valence-electron chi connectivity index (χ4n) is 3.57. The summed E-state index contributed by atoms with van der Waals surface area (Å²) in [6.45, 7) is 3.40. The lowest BCUT2D eigenvalue weighted by Gasteiger charge is -2.26. The van der Waals surface area contributed by atoms with Crippen LogP contribution in [0.4, 0.5) is 24.5 Å². The zero-order valence-electron chi connectivity index (χ0n) is 15.7. The van der Waals surface area contributed by atoms with Crippen LogP contribution in [0.2, 0.25) is 0 Å². The average Bonchev–Trinajstić information content (AvgIpc) is 2.97. The molecule has 7 heteroatoms. The number of carbonyl (C=O) groups excluding carboxylic acids is 2. The second kappa shape index (κ2) is 7.66. The van der Waals surface area contributed by atoms with Crippen LogP contribution in [0.15, 0.2) is 48.5 Å². The summed E-state index contributed by atoms with van der Waals surface area (Å²) >= 11 is 0. The van der Waals surface area contributed by atoms with Crippen molar-refractivity contribution in [2.24, 2.45) is 0 Å². The Morgan fingerprint density at radius 1 is 1.11 bits per heavy atom. The first-order chi connectivity index (χ1) is 13.2. The van der Waals surface area contributed by atoms with Crippen LogP contribution in [0, 0.1) is 0 Å². The summed E-state index contributed by atoms with van der Waals surface area (Å²) in [6.07, 6.45) is -3.58. The SMILES string of the molecule is CC(=O)N(CCC(=O)N1c2ccccc2CC1C)c1ccc(C(F)(F)F)cc1. The van der Waals surface area contributed by atoms with Crippen molar-refractivity contribution in [2.45, 2.75) is 38.9 Å². The second-order valence-corrected chi connectivity index (χ2v) is 6.91. The number of alkyl halides is 3. The number of anilines is 2. The largest absolute Gasteiger partial charge is 0.416 e. The van der Waals surface area contributed by atoms with Gasteiger partial charge in [-0.25, -0.2) is 0 Å². The zero-order chi connectivity index (χ0) is 20.5. The minimum atomic E-state index is -4.44. The Morgan fingerprint density at radius 2 is 1.75 bits per heavy atom. The van der Waals surface area contributed by atoms with Gasteiger partial charge >= 0.3 is 6.18 Å². The van der Waals surface area contributed by atoms with E-state index in [1.165, 1.54) is 24.0 Å². The highest BCUT2D eigenvalue weighted by Gasteiger charge is 2.32. The van der Waals surface area contributed by atoms with Crippen LogP contribution in [-0.4, -0.2) is 24.4 Å². The molecule has 0 aliphatic carbocycles. The highest BCUT2D eigenvalue weighted by atomic mass is 19.4. The van der Waals surface area contributed by atoms with Gasteiger partial charge in [-0.2, -0.15) is 13.2 Å². The maximum absolute atomic E-state index is 12.8. The van der Waals surface area contributed by atoms with Crippen molar-refractivity contribution in [1.29, 1.82) is 0 Å². The minimum Gasteiger partial charge on any atom is -0.312 e. The van der Waals surface area contributed by atoms with E-state index in [2.05, 4.69) is 0 Å². The monoisotopic (exact) mass is 390 g/mol. The van der Waals surface area contributed by atoms with Crippen LogP contribution in [-0.2, 0) is 22.2 Å². The van der Waals surface area contributed by atoms with Crippen LogP contribution in [0.3, 0.4) is 0 Å². The number of para-hydroxylation sites is 1. The van der Waals surface area contributed by atoms with Gasteiger partial charge in [0.1, 0.15) is 0 Å². The van der Waals surface area contributed by atoms with E-state index in [0.717, 1.165) is 29.8 Å². The van der Waals surface area contributed by atoms with Crippen molar-refractivity contribution in [1.82, 2.24) is 0 Å². The van der Waals surface area contributed by atoms with E-state index in [1.54, 1.807) is 4.90 Å². The fraction of sp³-hybridized carbons (Fsp3) is 0.333. The molecule has 2 aromatic carbocycles. The summed E-state index contributed by atoms with van der Waals surface area (Å²) < 4.78 is 38.2. The Bertz CT molecular complexity index is 878. The first-order valence-electron chi connectivity index (χ1n) is 9.04. The van der Waals surface area contributed by atoms with Crippen molar-refractivity contribution in [2.75, 3.05) is 16.3 Å². The summed E-state index contributed by atoms with van der Waals surface area (Å²) in [7, 11) is 0. The van der Waals surface area contributed by atoms with Gasteiger partial charge in [-0.05, 0) is 49.2 Å². The summed E-state index contributed by atoms with van der Waals surface area (Å²) in [5.74, 6) is -0.446. The molecule has 0 radical (unpaired) electrons. The van der Waals surface area contributed by atoms with Crippen LogP contribution >= 0.6 is 0 Å². The topological polar surface area (TPSA) is 40.6 Å². The maximum Gasteiger partial charge on any atom is 0.416 e. The number of hydrogen-bond donors (Lipinski definition) is 0. The Morgan fingerprint density at radius 3 is 2.36 bits per heavy atom. The fourth-order valence-corrected chi connectivity index (χ4v) is 3.57. The second-order valence-electron chi connectivity index (χ2n) is 6.91. The van der Waals surface area contributed by atoms with Gasteiger partial charge in [0, 0.05) is 37.3 Å². The molecule has 0 spiro atoms. The highest BCUT2D eigenvalue weighted by Crippen LogP contribution is 2.33. The Labute approximate surface area is 161 Å². The van der Waals surface area contributed by atoms with E-state index in [9.17, 15) is 22.8 Å². The molecule has 148 valence electrons. The number of carbonyl (C=O) groups is 2. The molecule has 4 nitrogen and oxygen atoms in total. The molecule has 1 unspecified atom stereocenters. The van der Waals surface area contributed by atoms with Gasteiger partial charge in [0.15, 0.2) is 0 Å². The van der Waals surface area contributed by atoms with E-state index in [-0.39, 0.29) is 30.8 Å². The van der Waals surface area contributed by atoms with Gasteiger partial charge in [-0.15, -0.1) is 0 Å². The minimum absolute atomic E-state index is 0.0294. The third-order valence-electron chi connectivity index (χ3n) is 4.91. The number of fused-ring (bicyclic) bond motifs is 1. The van der Waals surface area contributed by atoms with Crippen molar-refractivity contribution in [3.8, 4) is 0 Å². The van der Waals surface area contributed by atoms with Crippen molar-refractivity contribution < 1.29 is 22.8 Å². The lowest BCUT2D eigenvalue weighted by atomic mass is 10.1. The van der Waals surface area contributed by atoms with Crippen LogP contribution < -0.4 is 9.80 Å². The van der Waals surface area contributed by atoms with Crippen molar-refractivity contribution in [3.05, 3.63) is 59.7 Å². The predicted molar refractivity (Wildman–Crippen MR) is 101 cm³/mol. The first kappa shape index (κ1) is 19.9. The molecule has 0 N–H and O–H groups in total. The summed E-state index contributed by atoms with van der Waals surface area (Å²) in [4.78, 5) is 27.9. The molecular formula is C21H21F3N2O2. The molecule has 3 rings (SSSR count). The van der Waals surface area contributed by atoms with Gasteiger partial charge in [0.2, 0.25) is 11.8 Å². The van der Waals surface area contributed by atoms with Gasteiger partial charge < -0.3 is 9.80 Å². The molecule has 1 aliphatic rings. The Balaban J connectivity index is 1.72. The number of hydrogen-bond acceptors (Lipinski definition) is 2. The predicted octanol–water partition coefficient (Wildman–Crippen LogP) is 4.43. The quantitative estimate of drug-likeness (QED) is 0.775. The third kappa shape index (κ3) is 4.03. The standard InChI is InChI=1S/C21H21F3N2O2/c1-14-13-16-5-3-4-6-19(16)26(14)20(28)11-12-25(15(2)27)18-9-7-17(8-10-18)21(22,23)24/h3-10,14H,11-13H2,1-2H3. The normalized spacial score (nSPS) is 16.0. The van der Waals surface area contributed by atoms with Gasteiger partial charge in [-0.3, -0.25) is 9.59 Å². The number of benzene rings is 2. The molecular weight excluding hydrogens is 369 g/mol. The van der Waals surface area contributed by atoms with E-state index >= 15 is 0 Å². The molecule has 1 heterocycles. The van der Waals surface area contributed by atoms with Crippen LogP contribution in [0.1, 0.15) is 31.4 Å². The highest BCUT2D eigenvalue weighted by molar-refractivity contribution is 5.98. The number of nitrogens with zero attached hydrogens (tertiary/aromatic N) is 2. The lowest BCUT2D eigenvalue weighted by Crippen LogP contribution is -2.39. The third-order valence-corrected chi connectivity index (χ3v) is 4.91. The molecule has 0 saturated carbocycles.